The van der Waals surface area contributed by atoms with Crippen molar-refractivity contribution in [1.29, 1.82) is 0 Å². The van der Waals surface area contributed by atoms with Crippen LogP contribution in [-0.4, -0.2) is 15.2 Å². The molecule has 110 valence electrons. The van der Waals surface area contributed by atoms with E-state index < -0.39 is 0 Å². The number of hydrogen-bond acceptors (Lipinski definition) is 5. The van der Waals surface area contributed by atoms with Gasteiger partial charge in [-0.05, 0) is 49.2 Å². The first kappa shape index (κ1) is 13.2. The number of nitrogens with zero attached hydrogens (tertiary/aromatic N) is 1. The molecule has 0 aliphatic rings. The number of benzene rings is 2. The van der Waals surface area contributed by atoms with Crippen molar-refractivity contribution in [3.63, 3.8) is 0 Å². The molecule has 2 N–H and O–H groups in total. The Labute approximate surface area is 130 Å². The van der Waals surface area contributed by atoms with Crippen LogP contribution in [0, 0.1) is 13.8 Å². The average Bonchev–Trinajstić information content (AvgIpc) is 3.07. The topological polar surface area (TPSA) is 66.5 Å². The second-order valence-electron chi connectivity index (χ2n) is 5.40. The van der Waals surface area contributed by atoms with Crippen LogP contribution >= 0.6 is 11.3 Å². The Kier molecular flexibility index (Phi) is 2.68. The molecule has 0 saturated heterocycles. The molecule has 4 rings (SSSR count). The van der Waals surface area contributed by atoms with E-state index in [0.717, 1.165) is 22.1 Å². The molecule has 0 saturated carbocycles. The van der Waals surface area contributed by atoms with Crippen molar-refractivity contribution < 1.29 is 14.6 Å². The molecule has 4 nitrogen and oxygen atoms in total. The molecule has 0 fully saturated rings. The second-order valence-corrected chi connectivity index (χ2v) is 6.40. The molecular weight excluding hydrogens is 298 g/mol. The summed E-state index contributed by atoms with van der Waals surface area (Å²) in [6.07, 6.45) is 0. The molecule has 22 heavy (non-hydrogen) atoms. The highest BCUT2D eigenvalue weighted by Crippen LogP contribution is 2.41. The van der Waals surface area contributed by atoms with Crippen molar-refractivity contribution in [2.24, 2.45) is 0 Å². The highest BCUT2D eigenvalue weighted by atomic mass is 32.1. The molecule has 4 aromatic rings. The number of furan rings is 1. The number of aromatic nitrogens is 1. The minimum absolute atomic E-state index is 0.0541. The van der Waals surface area contributed by atoms with E-state index in [1.165, 1.54) is 23.5 Å². The van der Waals surface area contributed by atoms with Crippen LogP contribution in [0.5, 0.6) is 11.5 Å². The van der Waals surface area contributed by atoms with Crippen molar-refractivity contribution in [1.82, 2.24) is 4.98 Å². The Balaban J connectivity index is 1.97. The lowest BCUT2D eigenvalue weighted by atomic mass is 10.1. The highest BCUT2D eigenvalue weighted by molar-refractivity contribution is 7.22. The van der Waals surface area contributed by atoms with Gasteiger partial charge in [-0.15, -0.1) is 11.3 Å². The quantitative estimate of drug-likeness (QED) is 0.498. The molecule has 0 atom stereocenters. The third-order valence-electron chi connectivity index (χ3n) is 3.70. The van der Waals surface area contributed by atoms with Crippen LogP contribution < -0.4 is 0 Å². The van der Waals surface area contributed by atoms with E-state index >= 15 is 0 Å². The summed E-state index contributed by atoms with van der Waals surface area (Å²) in [5, 5.41) is 21.5. The first-order valence-corrected chi connectivity index (χ1v) is 7.67. The van der Waals surface area contributed by atoms with Gasteiger partial charge in [-0.3, -0.25) is 0 Å². The maximum absolute atomic E-state index is 9.90. The fourth-order valence-electron chi connectivity index (χ4n) is 2.68. The van der Waals surface area contributed by atoms with E-state index in [-0.39, 0.29) is 11.5 Å². The Bertz CT molecular complexity index is 990. The third-order valence-corrected chi connectivity index (χ3v) is 4.79. The number of phenols is 2. The van der Waals surface area contributed by atoms with Crippen LogP contribution in [0.25, 0.3) is 32.0 Å². The van der Waals surface area contributed by atoms with E-state index in [4.69, 9.17) is 4.42 Å². The first-order chi connectivity index (χ1) is 10.5. The van der Waals surface area contributed by atoms with Crippen molar-refractivity contribution >= 4 is 32.5 Å². The molecule has 2 aromatic carbocycles. The van der Waals surface area contributed by atoms with E-state index in [9.17, 15) is 10.2 Å². The summed E-state index contributed by atoms with van der Waals surface area (Å²) < 4.78 is 6.47. The van der Waals surface area contributed by atoms with Gasteiger partial charge in [-0.1, -0.05) is 6.07 Å². The minimum Gasteiger partial charge on any atom is -0.506 e. The van der Waals surface area contributed by atoms with Crippen molar-refractivity contribution in [3.8, 4) is 22.3 Å². The number of hydrogen-bond donors (Lipinski definition) is 2. The largest absolute Gasteiger partial charge is 0.506 e. The standard InChI is InChI=1S/C17H13NO3S/c1-8-5-9(2)10-7-14(21-13(10)6-8)17-18-15-11(19)3-4-12(20)16(15)22-17/h3-7,19-20H,1-2H3. The number of aryl methyl sites for hydroxylation is 2. The van der Waals surface area contributed by atoms with Crippen LogP contribution in [0.15, 0.2) is 34.7 Å². The Morgan fingerprint density at radius 2 is 1.82 bits per heavy atom. The highest BCUT2D eigenvalue weighted by Gasteiger charge is 2.16. The third kappa shape index (κ3) is 1.86. The maximum atomic E-state index is 9.90. The van der Waals surface area contributed by atoms with Crippen molar-refractivity contribution in [2.75, 3.05) is 0 Å². The Hall–Kier alpha value is -2.53. The maximum Gasteiger partial charge on any atom is 0.164 e. The molecule has 0 radical (unpaired) electrons. The Morgan fingerprint density at radius 3 is 2.59 bits per heavy atom. The van der Waals surface area contributed by atoms with Gasteiger partial charge in [0.1, 0.15) is 27.3 Å². The molecule has 0 spiro atoms. The van der Waals surface area contributed by atoms with Gasteiger partial charge in [0.25, 0.3) is 0 Å². The SMILES string of the molecule is Cc1cc(C)c2cc(-c3nc4c(O)ccc(O)c4s3)oc2c1. The van der Waals surface area contributed by atoms with Gasteiger partial charge in [0.15, 0.2) is 10.8 Å². The van der Waals surface area contributed by atoms with Crippen LogP contribution in [0.1, 0.15) is 11.1 Å². The van der Waals surface area contributed by atoms with Crippen molar-refractivity contribution in [2.45, 2.75) is 13.8 Å². The summed E-state index contributed by atoms with van der Waals surface area (Å²) in [4.78, 5) is 4.41. The Morgan fingerprint density at radius 1 is 1.05 bits per heavy atom. The number of phenolic OH excluding ortho intramolecular Hbond substituents is 2. The van der Waals surface area contributed by atoms with Gasteiger partial charge in [-0.25, -0.2) is 4.98 Å². The number of aromatic hydroxyl groups is 2. The summed E-state index contributed by atoms with van der Waals surface area (Å²) in [7, 11) is 0. The molecule has 0 amide bonds. The van der Waals surface area contributed by atoms with Crippen LogP contribution in [-0.2, 0) is 0 Å². The van der Waals surface area contributed by atoms with E-state index in [1.807, 2.05) is 26.0 Å². The molecule has 2 heterocycles. The zero-order valence-electron chi connectivity index (χ0n) is 12.0. The normalized spacial score (nSPS) is 11.5. The second kappa shape index (κ2) is 4.48. The predicted molar refractivity (Wildman–Crippen MR) is 87.6 cm³/mol. The van der Waals surface area contributed by atoms with Gasteiger partial charge < -0.3 is 14.6 Å². The number of rotatable bonds is 1. The number of thiazole rings is 1. The van der Waals surface area contributed by atoms with Gasteiger partial charge in [0.05, 0.1) is 0 Å². The average molecular weight is 311 g/mol. The zero-order valence-corrected chi connectivity index (χ0v) is 12.9. The smallest absolute Gasteiger partial charge is 0.164 e. The van der Waals surface area contributed by atoms with E-state index in [2.05, 4.69) is 11.1 Å². The lowest BCUT2D eigenvalue weighted by molar-refractivity contribution is 0.469. The van der Waals surface area contributed by atoms with Crippen molar-refractivity contribution in [3.05, 3.63) is 41.5 Å². The molecule has 2 aromatic heterocycles. The first-order valence-electron chi connectivity index (χ1n) is 6.85. The van der Waals surface area contributed by atoms with E-state index in [0.29, 0.717) is 21.0 Å². The van der Waals surface area contributed by atoms with Gasteiger partial charge in [-0.2, -0.15) is 0 Å². The summed E-state index contributed by atoms with van der Waals surface area (Å²) in [5.74, 6) is 0.807. The fraction of sp³-hybridized carbons (Fsp3) is 0.118. The lowest BCUT2D eigenvalue weighted by Gasteiger charge is -1.96. The summed E-state index contributed by atoms with van der Waals surface area (Å²) in [5.41, 5.74) is 3.51. The van der Waals surface area contributed by atoms with Crippen LogP contribution in [0.3, 0.4) is 0 Å². The molecule has 0 aliphatic carbocycles. The van der Waals surface area contributed by atoms with Gasteiger partial charge in [0.2, 0.25) is 0 Å². The fourth-order valence-corrected chi connectivity index (χ4v) is 3.63. The monoisotopic (exact) mass is 311 g/mol. The summed E-state index contributed by atoms with van der Waals surface area (Å²) in [6, 6.07) is 8.96. The summed E-state index contributed by atoms with van der Waals surface area (Å²) >= 11 is 1.30. The van der Waals surface area contributed by atoms with Crippen LogP contribution in [0.2, 0.25) is 0 Å². The minimum atomic E-state index is 0.0541. The van der Waals surface area contributed by atoms with Crippen LogP contribution in [0.4, 0.5) is 0 Å². The zero-order chi connectivity index (χ0) is 15.4. The summed E-state index contributed by atoms with van der Waals surface area (Å²) in [6.45, 7) is 4.08. The predicted octanol–water partition coefficient (Wildman–Crippen LogP) is 4.74. The molecule has 0 aliphatic heterocycles. The molecular formula is C17H13NO3S. The number of fused-ring (bicyclic) bond motifs is 2. The molecule has 5 heteroatoms. The molecule has 0 bridgehead atoms. The van der Waals surface area contributed by atoms with Gasteiger partial charge in [0, 0.05) is 5.39 Å². The lowest BCUT2D eigenvalue weighted by Crippen LogP contribution is -1.76. The molecule has 0 unspecified atom stereocenters. The van der Waals surface area contributed by atoms with Gasteiger partial charge >= 0.3 is 0 Å². The van der Waals surface area contributed by atoms with E-state index in [1.54, 1.807) is 0 Å².